The van der Waals surface area contributed by atoms with Gasteiger partial charge in [0.1, 0.15) is 10.7 Å². The van der Waals surface area contributed by atoms with Crippen LogP contribution in [-0.2, 0) is 20.6 Å². The van der Waals surface area contributed by atoms with Crippen molar-refractivity contribution in [1.29, 1.82) is 0 Å². The number of rotatable bonds is 8. The average Bonchev–Trinajstić information content (AvgIpc) is 2.26. The third-order valence-corrected chi connectivity index (χ3v) is 5.38. The van der Waals surface area contributed by atoms with Crippen molar-refractivity contribution in [2.24, 2.45) is 0 Å². The summed E-state index contributed by atoms with van der Waals surface area (Å²) in [6.07, 6.45) is 5.63. The van der Waals surface area contributed by atoms with Crippen LogP contribution in [0.5, 0.6) is 0 Å². The molecule has 3 atom stereocenters. The first-order valence-electron chi connectivity index (χ1n) is 6.30. The molecule has 0 heterocycles. The highest BCUT2D eigenvalue weighted by Gasteiger charge is 2.21. The summed E-state index contributed by atoms with van der Waals surface area (Å²) in [7, 11) is -4.26. The first kappa shape index (κ1) is 18.8. The zero-order chi connectivity index (χ0) is 15.1. The van der Waals surface area contributed by atoms with Crippen molar-refractivity contribution >= 4 is 38.0 Å². The van der Waals surface area contributed by atoms with Crippen LogP contribution in [0, 0.1) is 0 Å². The van der Waals surface area contributed by atoms with Crippen LogP contribution in [-0.4, -0.2) is 41.0 Å². The zero-order valence-corrected chi connectivity index (χ0v) is 14.4. The van der Waals surface area contributed by atoms with E-state index in [9.17, 15) is 12.6 Å². The van der Waals surface area contributed by atoms with Gasteiger partial charge in [-0.15, -0.1) is 0 Å². The maximum atomic E-state index is 11.6. The Morgan fingerprint density at radius 3 is 2.11 bits per heavy atom. The number of hydrogen-bond donors (Lipinski definition) is 2. The number of hydrogen-bond acceptors (Lipinski definition) is 4. The Morgan fingerprint density at radius 2 is 1.74 bits per heavy atom. The SMILES string of the molecule is CCCC(NC(=S)NC(CCC)S(C)(=O)=O)S(C)=O. The van der Waals surface area contributed by atoms with Gasteiger partial charge in [0, 0.05) is 23.3 Å². The predicted molar refractivity (Wildman–Crippen MR) is 85.2 cm³/mol. The summed E-state index contributed by atoms with van der Waals surface area (Å²) < 4.78 is 34.7. The molecule has 0 radical (unpaired) electrons. The second-order valence-electron chi connectivity index (χ2n) is 4.50. The fraction of sp³-hybridized carbons (Fsp3) is 0.909. The highest BCUT2D eigenvalue weighted by Crippen LogP contribution is 2.05. The molecule has 5 nitrogen and oxygen atoms in total. The molecular formula is C11H24N2O3S3. The molecule has 0 aromatic heterocycles. The second-order valence-corrected chi connectivity index (χ2v) is 8.70. The molecule has 0 bridgehead atoms. The molecule has 0 saturated carbocycles. The van der Waals surface area contributed by atoms with Crippen molar-refractivity contribution < 1.29 is 12.6 Å². The van der Waals surface area contributed by atoms with Crippen LogP contribution >= 0.6 is 12.2 Å². The van der Waals surface area contributed by atoms with E-state index in [0.29, 0.717) is 6.42 Å². The smallest absolute Gasteiger partial charge is 0.168 e. The molecule has 8 heteroatoms. The number of thiocarbonyl (C=S) groups is 1. The lowest BCUT2D eigenvalue weighted by Gasteiger charge is -2.22. The summed E-state index contributed by atoms with van der Waals surface area (Å²) in [6, 6.07) is 0. The Labute approximate surface area is 124 Å². The Balaban J connectivity index is 4.60. The Kier molecular flexibility index (Phi) is 8.76. The average molecular weight is 329 g/mol. The van der Waals surface area contributed by atoms with Crippen molar-refractivity contribution in [1.82, 2.24) is 10.6 Å². The molecule has 0 aromatic carbocycles. The molecule has 0 spiro atoms. The summed E-state index contributed by atoms with van der Waals surface area (Å²) in [4.78, 5) is 0. The summed E-state index contributed by atoms with van der Waals surface area (Å²) in [5, 5.41) is 5.05. The van der Waals surface area contributed by atoms with Gasteiger partial charge in [0.05, 0.1) is 0 Å². The van der Waals surface area contributed by atoms with Crippen LogP contribution in [0.4, 0.5) is 0 Å². The largest absolute Gasteiger partial charge is 0.348 e. The Morgan fingerprint density at radius 1 is 1.21 bits per heavy atom. The number of sulfone groups is 1. The third-order valence-electron chi connectivity index (χ3n) is 2.60. The summed E-state index contributed by atoms with van der Waals surface area (Å²) in [5.74, 6) is 0. The van der Waals surface area contributed by atoms with Gasteiger partial charge in [-0.3, -0.25) is 4.21 Å². The normalized spacial score (nSPS) is 16.4. The van der Waals surface area contributed by atoms with Gasteiger partial charge < -0.3 is 10.6 Å². The van der Waals surface area contributed by atoms with Crippen LogP contribution in [0.25, 0.3) is 0 Å². The van der Waals surface area contributed by atoms with Gasteiger partial charge in [0.2, 0.25) is 0 Å². The second kappa shape index (κ2) is 8.86. The van der Waals surface area contributed by atoms with Crippen LogP contribution in [0.15, 0.2) is 0 Å². The monoisotopic (exact) mass is 328 g/mol. The topological polar surface area (TPSA) is 75.3 Å². The molecule has 0 aromatic rings. The Bertz CT molecular complexity index is 409. The maximum absolute atomic E-state index is 11.6. The van der Waals surface area contributed by atoms with Gasteiger partial charge >= 0.3 is 0 Å². The lowest BCUT2D eigenvalue weighted by Crippen LogP contribution is -2.49. The van der Waals surface area contributed by atoms with E-state index < -0.39 is 26.0 Å². The predicted octanol–water partition coefficient (Wildman–Crippen LogP) is 1.13. The molecule has 0 aliphatic heterocycles. The van der Waals surface area contributed by atoms with Crippen molar-refractivity contribution in [3.63, 3.8) is 0 Å². The minimum Gasteiger partial charge on any atom is -0.348 e. The Hall–Kier alpha value is -0.210. The standard InChI is InChI=1S/C11H24N2O3S3/c1-5-7-9(18(3)14)12-11(17)13-10(8-6-2)19(4,15)16/h9-10H,5-8H2,1-4H3,(H2,12,13,17). The molecule has 0 aliphatic rings. The fourth-order valence-electron chi connectivity index (χ4n) is 1.57. The lowest BCUT2D eigenvalue weighted by molar-refractivity contribution is 0.562. The van der Waals surface area contributed by atoms with Gasteiger partial charge in [0.15, 0.2) is 14.9 Å². The van der Waals surface area contributed by atoms with Crippen LogP contribution < -0.4 is 10.6 Å². The molecule has 0 fully saturated rings. The fourth-order valence-corrected chi connectivity index (χ4v) is 3.85. The molecule has 3 unspecified atom stereocenters. The first-order chi connectivity index (χ1) is 8.72. The maximum Gasteiger partial charge on any atom is 0.168 e. The van der Waals surface area contributed by atoms with Gasteiger partial charge in [-0.25, -0.2) is 8.42 Å². The van der Waals surface area contributed by atoms with E-state index in [1.807, 2.05) is 13.8 Å². The third kappa shape index (κ3) is 7.84. The molecule has 2 N–H and O–H groups in total. The highest BCUT2D eigenvalue weighted by atomic mass is 32.2. The summed E-state index contributed by atoms with van der Waals surface area (Å²) >= 11 is 5.10. The molecule has 0 saturated heterocycles. The van der Waals surface area contributed by atoms with Crippen molar-refractivity contribution in [2.45, 2.75) is 50.3 Å². The van der Waals surface area contributed by atoms with Gasteiger partial charge in [-0.2, -0.15) is 0 Å². The van der Waals surface area contributed by atoms with Gasteiger partial charge in [0.25, 0.3) is 0 Å². The minimum atomic E-state index is -3.20. The molecule has 0 amide bonds. The van der Waals surface area contributed by atoms with Crippen LogP contribution in [0.3, 0.4) is 0 Å². The van der Waals surface area contributed by atoms with Crippen LogP contribution in [0.1, 0.15) is 39.5 Å². The van der Waals surface area contributed by atoms with E-state index in [1.54, 1.807) is 6.26 Å². The van der Waals surface area contributed by atoms with E-state index in [0.717, 1.165) is 19.3 Å². The van der Waals surface area contributed by atoms with Crippen molar-refractivity contribution in [2.75, 3.05) is 12.5 Å². The summed E-state index contributed by atoms with van der Waals surface area (Å²) in [5.41, 5.74) is 0. The van der Waals surface area contributed by atoms with E-state index in [1.165, 1.54) is 6.26 Å². The molecule has 0 rings (SSSR count). The van der Waals surface area contributed by atoms with Crippen molar-refractivity contribution in [3.8, 4) is 0 Å². The molecule has 114 valence electrons. The first-order valence-corrected chi connectivity index (χ1v) is 10.3. The quantitative estimate of drug-likeness (QED) is 0.651. The van der Waals surface area contributed by atoms with Gasteiger partial charge in [-0.05, 0) is 25.1 Å². The summed E-state index contributed by atoms with van der Waals surface area (Å²) in [6.45, 7) is 3.91. The van der Waals surface area contributed by atoms with E-state index >= 15 is 0 Å². The molecule has 0 aliphatic carbocycles. The van der Waals surface area contributed by atoms with E-state index in [-0.39, 0.29) is 10.5 Å². The molecular weight excluding hydrogens is 304 g/mol. The highest BCUT2D eigenvalue weighted by molar-refractivity contribution is 7.91. The van der Waals surface area contributed by atoms with Crippen LogP contribution in [0.2, 0.25) is 0 Å². The van der Waals surface area contributed by atoms with E-state index in [2.05, 4.69) is 10.6 Å². The lowest BCUT2D eigenvalue weighted by atomic mass is 10.3. The zero-order valence-electron chi connectivity index (χ0n) is 11.9. The van der Waals surface area contributed by atoms with Gasteiger partial charge in [-0.1, -0.05) is 26.7 Å². The minimum absolute atomic E-state index is 0.244. The van der Waals surface area contributed by atoms with E-state index in [4.69, 9.17) is 12.2 Å². The number of nitrogens with one attached hydrogen (secondary N) is 2. The van der Waals surface area contributed by atoms with Crippen molar-refractivity contribution in [3.05, 3.63) is 0 Å². The molecule has 19 heavy (non-hydrogen) atoms.